The zero-order valence-corrected chi connectivity index (χ0v) is 5.22. The molecule has 0 bridgehead atoms. The lowest BCUT2D eigenvalue weighted by Crippen LogP contribution is -1.99. The minimum Gasteiger partial charge on any atom is -0.403 e. The molecule has 0 aliphatic carbocycles. The van der Waals surface area contributed by atoms with Crippen molar-refractivity contribution in [1.29, 1.82) is 0 Å². The van der Waals surface area contributed by atoms with Gasteiger partial charge in [0.05, 0.1) is 0 Å². The second kappa shape index (κ2) is 7.54. The van der Waals surface area contributed by atoms with Crippen LogP contribution in [0.15, 0.2) is 24.3 Å². The quantitative estimate of drug-likeness (QED) is 0.346. The molecule has 0 aromatic rings. The lowest BCUT2D eigenvalue weighted by molar-refractivity contribution is 0.523. The molecule has 0 amide bonds. The summed E-state index contributed by atoms with van der Waals surface area (Å²) >= 11 is 0. The summed E-state index contributed by atoms with van der Waals surface area (Å²) in [6.45, 7) is 0. The molecule has 0 saturated carbocycles. The zero-order valence-electron chi connectivity index (χ0n) is 5.22. The van der Waals surface area contributed by atoms with Crippen LogP contribution in [0.4, 0.5) is 8.78 Å². The van der Waals surface area contributed by atoms with Crippen molar-refractivity contribution >= 4 is 0 Å². The van der Waals surface area contributed by atoms with Crippen LogP contribution in [0, 0.1) is 0 Å². The molecule has 0 rings (SSSR count). The van der Waals surface area contributed by atoms with Gasteiger partial charge in [-0.2, -0.15) is 8.78 Å². The molecule has 0 aromatic carbocycles. The highest BCUT2D eigenvalue weighted by molar-refractivity contribution is 4.87. The van der Waals surface area contributed by atoms with Crippen LogP contribution in [0.2, 0.25) is 0 Å². The van der Waals surface area contributed by atoms with Crippen LogP contribution >= 0.6 is 0 Å². The standard InChI is InChI=1S/C2H4F2N2.C2H6N2/c3-1(5)2(4)6;3-1-2-4/h5-6H2;1-2H,3-4H2/b2-1-;. The Bertz CT molecular complexity index is 109. The van der Waals surface area contributed by atoms with Crippen LogP contribution in [-0.2, 0) is 0 Å². The predicted molar refractivity (Wildman–Crippen MR) is 35.1 cm³/mol. The first-order valence-electron chi connectivity index (χ1n) is 2.21. The third-order valence-electron chi connectivity index (χ3n) is 0.339. The molecule has 0 aliphatic rings. The molecule has 0 unspecified atom stereocenters. The maximum absolute atomic E-state index is 11.0. The summed E-state index contributed by atoms with van der Waals surface area (Å²) in [6.07, 6.45) is 2.56. The fourth-order valence-corrected chi connectivity index (χ4v) is 0. The summed E-state index contributed by atoms with van der Waals surface area (Å²) in [5, 5.41) is 0. The highest BCUT2D eigenvalue weighted by atomic mass is 19.2. The smallest absolute Gasteiger partial charge is 0.237 e. The molecule has 0 radical (unpaired) electrons. The Hall–Kier alpha value is -1.46. The minimum atomic E-state index is -1.46. The summed E-state index contributed by atoms with van der Waals surface area (Å²) in [7, 11) is 0. The van der Waals surface area contributed by atoms with Gasteiger partial charge in [0.1, 0.15) is 0 Å². The van der Waals surface area contributed by atoms with E-state index in [9.17, 15) is 8.78 Å². The van der Waals surface area contributed by atoms with Gasteiger partial charge in [0.15, 0.2) is 0 Å². The molecule has 0 spiro atoms. The molecule has 4 nitrogen and oxygen atoms in total. The number of hydrogen-bond acceptors (Lipinski definition) is 4. The molecule has 0 aromatic heterocycles. The first-order chi connectivity index (χ1) is 4.56. The van der Waals surface area contributed by atoms with E-state index in [1.165, 1.54) is 12.4 Å². The molecule has 0 heterocycles. The third kappa shape index (κ3) is 16.0. The van der Waals surface area contributed by atoms with E-state index in [4.69, 9.17) is 11.5 Å². The number of rotatable bonds is 0. The number of hydrogen-bond donors (Lipinski definition) is 4. The minimum absolute atomic E-state index is 1.28. The second-order valence-corrected chi connectivity index (χ2v) is 1.08. The molecular formula is C4H10F2N4. The first kappa shape index (κ1) is 11.4. The lowest BCUT2D eigenvalue weighted by atomic mass is 10.9. The summed E-state index contributed by atoms with van der Waals surface area (Å²) in [5.74, 6) is -2.93. The Kier molecular flexibility index (Phi) is 8.56. The Morgan fingerprint density at radius 1 is 0.900 bits per heavy atom. The van der Waals surface area contributed by atoms with Gasteiger partial charge in [0.25, 0.3) is 0 Å². The molecule has 60 valence electrons. The third-order valence-corrected chi connectivity index (χ3v) is 0.339. The fourth-order valence-electron chi connectivity index (χ4n) is 0. The topological polar surface area (TPSA) is 104 Å². The van der Waals surface area contributed by atoms with Crippen molar-refractivity contribution in [3.8, 4) is 0 Å². The van der Waals surface area contributed by atoms with Gasteiger partial charge in [0, 0.05) is 12.4 Å². The average molecular weight is 152 g/mol. The van der Waals surface area contributed by atoms with Crippen LogP contribution in [0.1, 0.15) is 0 Å². The molecule has 0 aliphatic heterocycles. The van der Waals surface area contributed by atoms with Crippen LogP contribution < -0.4 is 22.9 Å². The Labute approximate surface area is 57.2 Å². The monoisotopic (exact) mass is 152 g/mol. The van der Waals surface area contributed by atoms with E-state index in [2.05, 4.69) is 11.5 Å². The van der Waals surface area contributed by atoms with Gasteiger partial charge in [0.2, 0.25) is 11.9 Å². The van der Waals surface area contributed by atoms with Gasteiger partial charge in [-0.25, -0.2) is 0 Å². The fraction of sp³-hybridized carbons (Fsp3) is 0. The molecule has 0 saturated heterocycles. The maximum Gasteiger partial charge on any atom is 0.237 e. The van der Waals surface area contributed by atoms with E-state index in [1.54, 1.807) is 0 Å². The van der Waals surface area contributed by atoms with Crippen molar-refractivity contribution in [1.82, 2.24) is 0 Å². The zero-order chi connectivity index (χ0) is 8.57. The first-order valence-corrected chi connectivity index (χ1v) is 2.21. The van der Waals surface area contributed by atoms with E-state index < -0.39 is 11.9 Å². The van der Waals surface area contributed by atoms with Crippen LogP contribution in [0.25, 0.3) is 0 Å². The van der Waals surface area contributed by atoms with Gasteiger partial charge >= 0.3 is 0 Å². The molecule has 0 fully saturated rings. The van der Waals surface area contributed by atoms with Gasteiger partial charge in [-0.15, -0.1) is 0 Å². The van der Waals surface area contributed by atoms with Gasteiger partial charge in [-0.3, -0.25) is 0 Å². The predicted octanol–water partition coefficient (Wildman–Crippen LogP) is -0.656. The van der Waals surface area contributed by atoms with Crippen LogP contribution in [0.3, 0.4) is 0 Å². The normalized spacial score (nSPS) is 11.8. The van der Waals surface area contributed by atoms with E-state index >= 15 is 0 Å². The SMILES string of the molecule is N/C(F)=C(\N)F.NC=CN. The molecule has 0 atom stereocenters. The van der Waals surface area contributed by atoms with E-state index in [1.807, 2.05) is 0 Å². The van der Waals surface area contributed by atoms with E-state index in [-0.39, 0.29) is 0 Å². The van der Waals surface area contributed by atoms with Crippen molar-refractivity contribution < 1.29 is 8.78 Å². The summed E-state index contributed by atoms with van der Waals surface area (Å²) in [4.78, 5) is 0. The Morgan fingerprint density at radius 2 is 1.10 bits per heavy atom. The number of nitrogens with two attached hydrogens (primary N) is 4. The van der Waals surface area contributed by atoms with Crippen molar-refractivity contribution in [2.75, 3.05) is 0 Å². The van der Waals surface area contributed by atoms with Crippen LogP contribution in [0.5, 0.6) is 0 Å². The summed E-state index contributed by atoms with van der Waals surface area (Å²) in [6, 6.07) is 0. The molecule has 8 N–H and O–H groups in total. The van der Waals surface area contributed by atoms with E-state index in [0.717, 1.165) is 0 Å². The highest BCUT2D eigenvalue weighted by Gasteiger charge is 1.88. The molecule has 6 heteroatoms. The number of halogens is 2. The largest absolute Gasteiger partial charge is 0.403 e. The maximum atomic E-state index is 11.0. The van der Waals surface area contributed by atoms with E-state index in [0.29, 0.717) is 0 Å². The van der Waals surface area contributed by atoms with Crippen LogP contribution in [-0.4, -0.2) is 0 Å². The van der Waals surface area contributed by atoms with Crippen molar-refractivity contribution in [2.24, 2.45) is 22.9 Å². The molecular weight excluding hydrogens is 142 g/mol. The second-order valence-electron chi connectivity index (χ2n) is 1.08. The summed E-state index contributed by atoms with van der Waals surface area (Å²) < 4.78 is 22.0. The van der Waals surface area contributed by atoms with Crippen molar-refractivity contribution in [2.45, 2.75) is 0 Å². The summed E-state index contributed by atoms with van der Waals surface area (Å²) in [5.41, 5.74) is 17.7. The van der Waals surface area contributed by atoms with Crippen molar-refractivity contribution in [3.05, 3.63) is 24.3 Å². The van der Waals surface area contributed by atoms with Gasteiger partial charge in [-0.1, -0.05) is 0 Å². The van der Waals surface area contributed by atoms with Crippen molar-refractivity contribution in [3.63, 3.8) is 0 Å². The average Bonchev–Trinajstić information content (AvgIpc) is 1.89. The van der Waals surface area contributed by atoms with Gasteiger partial charge in [-0.05, 0) is 0 Å². The molecule has 10 heavy (non-hydrogen) atoms. The highest BCUT2D eigenvalue weighted by Crippen LogP contribution is 1.89. The van der Waals surface area contributed by atoms with Gasteiger partial charge < -0.3 is 22.9 Å². The lowest BCUT2D eigenvalue weighted by Gasteiger charge is -1.79. The Morgan fingerprint density at radius 3 is 1.10 bits per heavy atom. The Balaban J connectivity index is 0.